The van der Waals surface area contributed by atoms with E-state index in [1.165, 1.54) is 12.6 Å². The molecule has 0 fully saturated rings. The topological polar surface area (TPSA) is 98.0 Å². The van der Waals surface area contributed by atoms with Crippen LogP contribution in [-0.4, -0.2) is 29.6 Å². The van der Waals surface area contributed by atoms with E-state index < -0.39 is 9.84 Å². The summed E-state index contributed by atoms with van der Waals surface area (Å²) in [6.07, 6.45) is 2.64. The maximum absolute atomic E-state index is 11.6. The highest BCUT2D eigenvalue weighted by Gasteiger charge is 2.19. The Morgan fingerprint density at radius 2 is 1.83 bits per heavy atom. The quantitative estimate of drug-likeness (QED) is 0.487. The van der Waals surface area contributed by atoms with Gasteiger partial charge in [0.2, 0.25) is 5.71 Å². The van der Waals surface area contributed by atoms with Gasteiger partial charge in [-0.25, -0.2) is 23.4 Å². The fourth-order valence-electron chi connectivity index (χ4n) is 3.06. The lowest BCUT2D eigenvalue weighted by atomic mass is 10.1. The van der Waals surface area contributed by atoms with Crippen molar-refractivity contribution in [3.63, 3.8) is 0 Å². The smallest absolute Gasteiger partial charge is 0.229 e. The minimum atomic E-state index is -3.22. The van der Waals surface area contributed by atoms with Crippen LogP contribution < -0.4 is 5.32 Å². The number of pyridine rings is 1. The molecular weight excluding hydrogens is 435 g/mol. The molecule has 0 aliphatic heterocycles. The standard InChI is InChI=1S/C19H17ClN4O3S.ClH/c1-10-14-16-17(27-19(14)24-11(2)15(10)20)18(23-9-22-16)21-8-12-4-6-13(7-5-12)28(3,25)26;/h4-7,9H,8H2,1-3H3,(H,21,22,23);1H. The zero-order valence-electron chi connectivity index (χ0n) is 15.9. The molecule has 1 N–H and O–H groups in total. The summed E-state index contributed by atoms with van der Waals surface area (Å²) in [4.78, 5) is 13.3. The SMILES string of the molecule is Cc1nc2oc3c(NCc4ccc(S(C)(=O)=O)cc4)ncnc3c2c(C)c1Cl.Cl. The summed E-state index contributed by atoms with van der Waals surface area (Å²) in [6, 6.07) is 6.69. The number of anilines is 1. The Morgan fingerprint density at radius 3 is 2.48 bits per heavy atom. The molecule has 152 valence electrons. The lowest BCUT2D eigenvalue weighted by Gasteiger charge is -2.06. The highest BCUT2D eigenvalue weighted by Crippen LogP contribution is 2.35. The zero-order valence-corrected chi connectivity index (χ0v) is 18.2. The van der Waals surface area contributed by atoms with Gasteiger partial charge in [0.1, 0.15) is 11.8 Å². The summed E-state index contributed by atoms with van der Waals surface area (Å²) >= 11 is 6.33. The Balaban J connectivity index is 0.00000240. The summed E-state index contributed by atoms with van der Waals surface area (Å²) in [7, 11) is -3.22. The fourth-order valence-corrected chi connectivity index (χ4v) is 3.83. The number of aromatic nitrogens is 3. The molecule has 0 bridgehead atoms. The van der Waals surface area contributed by atoms with E-state index in [0.717, 1.165) is 16.5 Å². The van der Waals surface area contributed by atoms with Crippen LogP contribution in [0.15, 0.2) is 39.9 Å². The number of halogens is 2. The molecule has 10 heteroatoms. The molecule has 0 spiro atoms. The Hall–Kier alpha value is -2.42. The number of rotatable bonds is 4. The lowest BCUT2D eigenvalue weighted by molar-refractivity contribution is 0.602. The minimum absolute atomic E-state index is 0. The van der Waals surface area contributed by atoms with Crippen LogP contribution in [0.1, 0.15) is 16.8 Å². The number of hydrogen-bond acceptors (Lipinski definition) is 7. The van der Waals surface area contributed by atoms with E-state index in [9.17, 15) is 8.42 Å². The van der Waals surface area contributed by atoms with Crippen LogP contribution in [0.25, 0.3) is 22.2 Å². The highest BCUT2D eigenvalue weighted by atomic mass is 35.5. The van der Waals surface area contributed by atoms with Crippen molar-refractivity contribution in [2.75, 3.05) is 11.6 Å². The number of benzene rings is 1. The summed E-state index contributed by atoms with van der Waals surface area (Å²) in [5.74, 6) is 0.531. The molecule has 1 aromatic carbocycles. The molecule has 0 radical (unpaired) electrons. The number of furan rings is 1. The van der Waals surface area contributed by atoms with Gasteiger partial charge in [0.15, 0.2) is 21.2 Å². The average Bonchev–Trinajstić information content (AvgIpc) is 3.03. The summed E-state index contributed by atoms with van der Waals surface area (Å²) in [5.41, 5.74) is 4.08. The molecule has 0 unspecified atom stereocenters. The fraction of sp³-hybridized carbons (Fsp3) is 0.211. The van der Waals surface area contributed by atoms with Gasteiger partial charge < -0.3 is 9.73 Å². The van der Waals surface area contributed by atoms with E-state index in [4.69, 9.17) is 16.0 Å². The first-order chi connectivity index (χ1) is 13.3. The number of sulfone groups is 1. The molecule has 0 aliphatic carbocycles. The molecule has 0 atom stereocenters. The van der Waals surface area contributed by atoms with Gasteiger partial charge in [0, 0.05) is 12.8 Å². The maximum atomic E-state index is 11.6. The molecule has 4 rings (SSSR count). The lowest BCUT2D eigenvalue weighted by Crippen LogP contribution is -2.03. The molecule has 29 heavy (non-hydrogen) atoms. The van der Waals surface area contributed by atoms with Gasteiger partial charge in [-0.1, -0.05) is 23.7 Å². The second-order valence-corrected chi connectivity index (χ2v) is 8.98. The van der Waals surface area contributed by atoms with E-state index in [-0.39, 0.29) is 17.3 Å². The zero-order chi connectivity index (χ0) is 20.1. The van der Waals surface area contributed by atoms with E-state index in [0.29, 0.717) is 39.9 Å². The molecule has 0 saturated carbocycles. The molecule has 0 aliphatic rings. The number of nitrogens with one attached hydrogen (secondary N) is 1. The Kier molecular flexibility index (Phi) is 5.71. The van der Waals surface area contributed by atoms with Crippen LogP contribution >= 0.6 is 24.0 Å². The van der Waals surface area contributed by atoms with Crippen LogP contribution in [0, 0.1) is 13.8 Å². The average molecular weight is 453 g/mol. The highest BCUT2D eigenvalue weighted by molar-refractivity contribution is 7.90. The van der Waals surface area contributed by atoms with Crippen molar-refractivity contribution >= 4 is 61.9 Å². The Bertz CT molecular complexity index is 1320. The Labute approximate surface area is 178 Å². The third kappa shape index (κ3) is 3.88. The van der Waals surface area contributed by atoms with Crippen molar-refractivity contribution in [1.29, 1.82) is 0 Å². The van der Waals surface area contributed by atoms with Gasteiger partial charge >= 0.3 is 0 Å². The molecule has 4 aromatic rings. The van der Waals surface area contributed by atoms with Crippen LogP contribution in [0.2, 0.25) is 5.02 Å². The van der Waals surface area contributed by atoms with Gasteiger partial charge in [-0.15, -0.1) is 12.4 Å². The van der Waals surface area contributed by atoms with Gasteiger partial charge in [0.05, 0.1) is 21.0 Å². The predicted molar refractivity (Wildman–Crippen MR) is 116 cm³/mol. The first-order valence-electron chi connectivity index (χ1n) is 8.48. The first-order valence-corrected chi connectivity index (χ1v) is 10.8. The van der Waals surface area contributed by atoms with Crippen molar-refractivity contribution in [3.8, 4) is 0 Å². The van der Waals surface area contributed by atoms with Crippen molar-refractivity contribution < 1.29 is 12.8 Å². The van der Waals surface area contributed by atoms with Crippen molar-refractivity contribution in [2.24, 2.45) is 0 Å². The van der Waals surface area contributed by atoms with Crippen molar-refractivity contribution in [2.45, 2.75) is 25.3 Å². The monoisotopic (exact) mass is 452 g/mol. The number of fused-ring (bicyclic) bond motifs is 3. The summed E-state index contributed by atoms with van der Waals surface area (Å²) in [6.45, 7) is 4.18. The van der Waals surface area contributed by atoms with Crippen molar-refractivity contribution in [3.05, 3.63) is 52.4 Å². The Morgan fingerprint density at radius 1 is 1.14 bits per heavy atom. The maximum Gasteiger partial charge on any atom is 0.229 e. The van der Waals surface area contributed by atoms with Gasteiger partial charge in [-0.2, -0.15) is 0 Å². The van der Waals surface area contributed by atoms with E-state index in [1.807, 2.05) is 13.8 Å². The number of nitrogens with zero attached hydrogens (tertiary/aromatic N) is 3. The van der Waals surface area contributed by atoms with E-state index >= 15 is 0 Å². The predicted octanol–water partition coefficient (Wildman–Crippen LogP) is 4.48. The van der Waals surface area contributed by atoms with E-state index in [2.05, 4.69) is 20.3 Å². The third-order valence-corrected chi connectivity index (χ3v) is 6.24. The summed E-state index contributed by atoms with van der Waals surface area (Å²) in [5, 5.41) is 4.58. The molecule has 7 nitrogen and oxygen atoms in total. The molecule has 3 aromatic heterocycles. The van der Waals surface area contributed by atoms with Gasteiger partial charge in [-0.05, 0) is 37.1 Å². The molecule has 0 saturated heterocycles. The number of hydrogen-bond donors (Lipinski definition) is 1. The normalized spacial score (nSPS) is 11.6. The van der Waals surface area contributed by atoms with Crippen LogP contribution in [0.3, 0.4) is 0 Å². The largest absolute Gasteiger partial charge is 0.432 e. The van der Waals surface area contributed by atoms with Crippen LogP contribution in [-0.2, 0) is 16.4 Å². The summed E-state index contributed by atoms with van der Waals surface area (Å²) < 4.78 is 29.1. The number of aryl methyl sites for hydroxylation is 2. The van der Waals surface area contributed by atoms with Crippen molar-refractivity contribution in [1.82, 2.24) is 15.0 Å². The molecule has 3 heterocycles. The van der Waals surface area contributed by atoms with Crippen LogP contribution in [0.4, 0.5) is 5.82 Å². The molecule has 0 amide bonds. The van der Waals surface area contributed by atoms with E-state index in [1.54, 1.807) is 24.3 Å². The second kappa shape index (κ2) is 7.78. The van der Waals surface area contributed by atoms with Gasteiger partial charge in [0.25, 0.3) is 0 Å². The van der Waals surface area contributed by atoms with Gasteiger partial charge in [-0.3, -0.25) is 0 Å². The first kappa shape index (κ1) is 21.3. The molecular formula is C19H18Cl2N4O3S. The second-order valence-electron chi connectivity index (χ2n) is 6.59. The third-order valence-electron chi connectivity index (χ3n) is 4.56. The van der Waals surface area contributed by atoms with Crippen LogP contribution in [0.5, 0.6) is 0 Å². The minimum Gasteiger partial charge on any atom is -0.432 e.